The van der Waals surface area contributed by atoms with E-state index in [1.54, 1.807) is 0 Å². The highest BCUT2D eigenvalue weighted by Gasteiger charge is 2.64. The minimum Gasteiger partial charge on any atom is -0.356 e. The maximum Gasteiger partial charge on any atom is 0.223 e. The van der Waals surface area contributed by atoms with Crippen LogP contribution in [-0.2, 0) is 4.79 Å². The zero-order valence-corrected chi connectivity index (χ0v) is 12.4. The maximum atomic E-state index is 12.0. The van der Waals surface area contributed by atoms with Gasteiger partial charge in [-0.2, -0.15) is 0 Å². The van der Waals surface area contributed by atoms with Gasteiger partial charge in [-0.15, -0.1) is 0 Å². The van der Waals surface area contributed by atoms with Crippen LogP contribution in [0.3, 0.4) is 0 Å². The van der Waals surface area contributed by atoms with E-state index in [1.165, 1.54) is 0 Å². The van der Waals surface area contributed by atoms with Crippen LogP contribution < -0.4 is 5.32 Å². The summed E-state index contributed by atoms with van der Waals surface area (Å²) in [5.41, 5.74) is 0.736. The minimum atomic E-state index is 0.213. The van der Waals surface area contributed by atoms with E-state index >= 15 is 0 Å². The van der Waals surface area contributed by atoms with E-state index in [1.807, 2.05) is 0 Å². The summed E-state index contributed by atoms with van der Waals surface area (Å²) in [4.78, 5) is 12.0. The highest BCUT2D eigenvalue weighted by molar-refractivity contribution is 5.78. The Kier molecular flexibility index (Phi) is 4.27. The molecule has 1 saturated carbocycles. The molecule has 1 unspecified atom stereocenters. The Morgan fingerprint density at radius 2 is 1.71 bits per heavy atom. The molecule has 0 aromatic rings. The van der Waals surface area contributed by atoms with Crippen molar-refractivity contribution in [2.75, 3.05) is 6.54 Å². The number of amides is 1. The molecule has 1 atom stereocenters. The van der Waals surface area contributed by atoms with Crippen molar-refractivity contribution in [3.63, 3.8) is 0 Å². The van der Waals surface area contributed by atoms with Crippen LogP contribution >= 0.6 is 0 Å². The molecule has 0 radical (unpaired) electrons. The van der Waals surface area contributed by atoms with Crippen LogP contribution in [0.5, 0.6) is 0 Å². The van der Waals surface area contributed by atoms with E-state index in [0.29, 0.717) is 16.7 Å². The van der Waals surface area contributed by atoms with Crippen LogP contribution in [0.25, 0.3) is 0 Å². The van der Waals surface area contributed by atoms with Gasteiger partial charge in [0, 0.05) is 12.5 Å². The molecule has 0 spiro atoms. The molecular formula is C15H29NO. The fraction of sp³-hybridized carbons (Fsp3) is 0.933. The predicted octanol–water partition coefficient (Wildman–Crippen LogP) is 3.61. The number of hydrogen-bond acceptors (Lipinski definition) is 1. The molecule has 100 valence electrons. The van der Waals surface area contributed by atoms with Gasteiger partial charge in [-0.05, 0) is 29.6 Å². The molecule has 1 N–H and O–H groups in total. The molecule has 1 fully saturated rings. The van der Waals surface area contributed by atoms with Crippen LogP contribution in [0, 0.1) is 22.7 Å². The third-order valence-corrected chi connectivity index (χ3v) is 5.30. The summed E-state index contributed by atoms with van der Waals surface area (Å²) in [6.07, 6.45) is 3.06. The first-order valence-corrected chi connectivity index (χ1v) is 7.06. The third kappa shape index (κ3) is 2.66. The van der Waals surface area contributed by atoms with E-state index in [0.717, 1.165) is 25.8 Å². The summed E-state index contributed by atoms with van der Waals surface area (Å²) < 4.78 is 0. The lowest BCUT2D eigenvalue weighted by atomic mass is 10.00. The fourth-order valence-electron chi connectivity index (χ4n) is 3.06. The second-order valence-electron chi connectivity index (χ2n) is 6.63. The summed E-state index contributed by atoms with van der Waals surface area (Å²) in [5, 5.41) is 3.15. The molecule has 0 aromatic carbocycles. The summed E-state index contributed by atoms with van der Waals surface area (Å²) in [6.45, 7) is 14.3. The zero-order chi connectivity index (χ0) is 13.3. The van der Waals surface area contributed by atoms with Gasteiger partial charge in [-0.3, -0.25) is 4.79 Å². The van der Waals surface area contributed by atoms with Crippen LogP contribution in [0.15, 0.2) is 0 Å². The maximum absolute atomic E-state index is 12.0. The van der Waals surface area contributed by atoms with Crippen molar-refractivity contribution in [1.29, 1.82) is 0 Å². The number of nitrogens with one attached hydrogen (secondary N) is 1. The Balaban J connectivity index is 2.40. The largest absolute Gasteiger partial charge is 0.356 e. The molecule has 0 heterocycles. The quantitative estimate of drug-likeness (QED) is 0.753. The first-order valence-electron chi connectivity index (χ1n) is 7.06. The molecule has 0 aliphatic heterocycles. The molecule has 0 bridgehead atoms. The normalized spacial score (nSPS) is 23.2. The lowest BCUT2D eigenvalue weighted by Gasteiger charge is -2.14. The molecule has 1 amide bonds. The molecule has 1 aliphatic rings. The molecule has 0 saturated heterocycles. The van der Waals surface area contributed by atoms with E-state index < -0.39 is 0 Å². The number of rotatable bonds is 6. The van der Waals surface area contributed by atoms with Crippen LogP contribution in [0.4, 0.5) is 0 Å². The average molecular weight is 239 g/mol. The summed E-state index contributed by atoms with van der Waals surface area (Å²) in [6, 6.07) is 0. The van der Waals surface area contributed by atoms with Gasteiger partial charge < -0.3 is 5.32 Å². The monoisotopic (exact) mass is 239 g/mol. The second kappa shape index (κ2) is 4.99. The molecule has 17 heavy (non-hydrogen) atoms. The van der Waals surface area contributed by atoms with Crippen molar-refractivity contribution >= 4 is 5.91 Å². The fourth-order valence-corrected chi connectivity index (χ4v) is 3.06. The Hall–Kier alpha value is -0.530. The van der Waals surface area contributed by atoms with Gasteiger partial charge in [0.15, 0.2) is 0 Å². The highest BCUT2D eigenvalue weighted by Crippen LogP contribution is 2.67. The molecule has 0 aromatic heterocycles. The van der Waals surface area contributed by atoms with Gasteiger partial charge in [-0.25, -0.2) is 0 Å². The van der Waals surface area contributed by atoms with Gasteiger partial charge in [0.05, 0.1) is 0 Å². The van der Waals surface area contributed by atoms with Gasteiger partial charge in [-0.1, -0.05) is 48.0 Å². The third-order valence-electron chi connectivity index (χ3n) is 5.30. The van der Waals surface area contributed by atoms with E-state index in [4.69, 9.17) is 0 Å². The number of hydrogen-bond donors (Lipinski definition) is 1. The lowest BCUT2D eigenvalue weighted by Crippen LogP contribution is -2.32. The average Bonchev–Trinajstić information content (AvgIpc) is 2.63. The van der Waals surface area contributed by atoms with E-state index in [9.17, 15) is 4.79 Å². The van der Waals surface area contributed by atoms with Crippen LogP contribution in [0.1, 0.15) is 60.8 Å². The van der Waals surface area contributed by atoms with Crippen molar-refractivity contribution in [2.45, 2.75) is 60.8 Å². The van der Waals surface area contributed by atoms with Crippen LogP contribution in [0.2, 0.25) is 0 Å². The van der Waals surface area contributed by atoms with Crippen molar-refractivity contribution in [2.24, 2.45) is 22.7 Å². The highest BCUT2D eigenvalue weighted by atomic mass is 16.1. The van der Waals surface area contributed by atoms with Crippen molar-refractivity contribution in [1.82, 2.24) is 5.32 Å². The molecular weight excluding hydrogens is 210 g/mol. The van der Waals surface area contributed by atoms with Crippen molar-refractivity contribution in [3.8, 4) is 0 Å². The minimum absolute atomic E-state index is 0.213. The van der Waals surface area contributed by atoms with Gasteiger partial charge in [0.25, 0.3) is 0 Å². The Morgan fingerprint density at radius 1 is 1.18 bits per heavy atom. The van der Waals surface area contributed by atoms with Crippen molar-refractivity contribution < 1.29 is 4.79 Å². The second-order valence-corrected chi connectivity index (χ2v) is 6.63. The first-order chi connectivity index (χ1) is 7.79. The Morgan fingerprint density at radius 3 is 2.06 bits per heavy atom. The van der Waals surface area contributed by atoms with E-state index in [2.05, 4.69) is 46.9 Å². The number of carbonyl (C=O) groups excluding carboxylic acids is 1. The summed E-state index contributed by atoms with van der Waals surface area (Å²) >= 11 is 0. The lowest BCUT2D eigenvalue weighted by molar-refractivity contribution is -0.125. The summed E-state index contributed by atoms with van der Waals surface area (Å²) in [5.74, 6) is 1.09. The topological polar surface area (TPSA) is 29.1 Å². The SMILES string of the molecule is CCCC(CC)C(=O)NCC1C(C)(C)C1(C)C. The van der Waals surface area contributed by atoms with Gasteiger partial charge >= 0.3 is 0 Å². The zero-order valence-electron chi connectivity index (χ0n) is 12.4. The first kappa shape index (κ1) is 14.5. The molecule has 1 aliphatic carbocycles. The van der Waals surface area contributed by atoms with Crippen LogP contribution in [-0.4, -0.2) is 12.5 Å². The van der Waals surface area contributed by atoms with Crippen molar-refractivity contribution in [3.05, 3.63) is 0 Å². The molecule has 2 nitrogen and oxygen atoms in total. The molecule has 2 heteroatoms. The summed E-state index contributed by atoms with van der Waals surface area (Å²) in [7, 11) is 0. The van der Waals surface area contributed by atoms with E-state index in [-0.39, 0.29) is 11.8 Å². The standard InChI is InChI=1S/C15H29NO/c1-7-9-11(8-2)13(17)16-10-12-14(3,4)15(12,5)6/h11-12H,7-10H2,1-6H3,(H,16,17). The van der Waals surface area contributed by atoms with Gasteiger partial charge in [0.2, 0.25) is 5.91 Å². The Bertz CT molecular complexity index is 267. The number of carbonyl (C=O) groups is 1. The predicted molar refractivity (Wildman–Crippen MR) is 72.8 cm³/mol. The molecule has 1 rings (SSSR count). The van der Waals surface area contributed by atoms with Gasteiger partial charge in [0.1, 0.15) is 0 Å². The smallest absolute Gasteiger partial charge is 0.223 e. The Labute approximate surface area is 107 Å².